The first-order chi connectivity index (χ1) is 11.7. The highest BCUT2D eigenvalue weighted by atomic mass is 35.5. The average molecular weight is 391 g/mol. The number of carbonyl (C=O) groups is 1. The molecule has 1 aliphatic rings. The van der Waals surface area contributed by atoms with Gasteiger partial charge in [-0.15, -0.1) is 12.4 Å². The van der Waals surface area contributed by atoms with Gasteiger partial charge in [-0.1, -0.05) is 0 Å². The van der Waals surface area contributed by atoms with Gasteiger partial charge in [0.1, 0.15) is 0 Å². The summed E-state index contributed by atoms with van der Waals surface area (Å²) in [5, 5.41) is 3.41. The largest absolute Gasteiger partial charge is 0.493 e. The van der Waals surface area contributed by atoms with Gasteiger partial charge in [0, 0.05) is 55.9 Å². The Morgan fingerprint density at radius 1 is 1.28 bits per heavy atom. The van der Waals surface area contributed by atoms with E-state index in [1.807, 2.05) is 30.0 Å². The monoisotopic (exact) mass is 390 g/mol. The quantitative estimate of drug-likeness (QED) is 0.734. The van der Waals surface area contributed by atoms with Crippen LogP contribution >= 0.6 is 24.2 Å². The number of hydrogen-bond donors (Lipinski definition) is 1. The molecule has 1 atom stereocenters. The van der Waals surface area contributed by atoms with Gasteiger partial charge in [0.15, 0.2) is 11.5 Å². The molecule has 1 aromatic rings. The summed E-state index contributed by atoms with van der Waals surface area (Å²) in [6.07, 6.45) is 0.477. The van der Waals surface area contributed by atoms with E-state index in [1.54, 1.807) is 26.2 Å². The third-order valence-electron chi connectivity index (χ3n) is 3.92. The van der Waals surface area contributed by atoms with E-state index < -0.39 is 0 Å². The van der Waals surface area contributed by atoms with Gasteiger partial charge in [-0.05, 0) is 12.1 Å². The van der Waals surface area contributed by atoms with Gasteiger partial charge in [-0.2, -0.15) is 11.8 Å². The molecule has 8 heteroatoms. The van der Waals surface area contributed by atoms with Gasteiger partial charge in [0.25, 0.3) is 0 Å². The molecule has 1 aromatic carbocycles. The first-order valence-corrected chi connectivity index (χ1v) is 9.17. The van der Waals surface area contributed by atoms with Crippen LogP contribution in [0.2, 0.25) is 0 Å². The number of methoxy groups -OCH3 is 3. The van der Waals surface area contributed by atoms with Crippen molar-refractivity contribution in [1.82, 2.24) is 5.32 Å². The molecule has 1 N–H and O–H groups in total. The van der Waals surface area contributed by atoms with E-state index in [4.69, 9.17) is 14.2 Å². The molecule has 1 fully saturated rings. The second kappa shape index (κ2) is 11.5. The minimum atomic E-state index is 0. The molecule has 1 heterocycles. The third kappa shape index (κ3) is 6.26. The lowest BCUT2D eigenvalue weighted by Gasteiger charge is -2.28. The topological polar surface area (TPSA) is 60.0 Å². The summed E-state index contributed by atoms with van der Waals surface area (Å²) in [6.45, 7) is 1.94. The Kier molecular flexibility index (Phi) is 10.0. The summed E-state index contributed by atoms with van der Waals surface area (Å²) in [7, 11) is 4.82. The van der Waals surface area contributed by atoms with Crippen LogP contribution in [0.25, 0.3) is 0 Å². The molecule has 1 aliphatic heterocycles. The molecule has 1 saturated heterocycles. The fourth-order valence-electron chi connectivity index (χ4n) is 2.64. The maximum atomic E-state index is 12.8. The maximum Gasteiger partial charge on any atom is 0.228 e. The number of rotatable bonds is 8. The van der Waals surface area contributed by atoms with E-state index in [1.165, 1.54) is 0 Å². The molecule has 1 unspecified atom stereocenters. The summed E-state index contributed by atoms with van der Waals surface area (Å²) in [5.74, 6) is 3.41. The molecule has 142 valence electrons. The van der Waals surface area contributed by atoms with Crippen molar-refractivity contribution in [2.75, 3.05) is 57.4 Å². The van der Waals surface area contributed by atoms with Crippen LogP contribution in [0.15, 0.2) is 18.2 Å². The number of nitrogens with one attached hydrogen (secondary N) is 1. The molecular formula is C17H27ClN2O4S. The van der Waals surface area contributed by atoms with Crippen molar-refractivity contribution in [2.24, 2.45) is 0 Å². The molecule has 0 aromatic heterocycles. The maximum absolute atomic E-state index is 12.8. The first-order valence-electron chi connectivity index (χ1n) is 8.02. The van der Waals surface area contributed by atoms with E-state index in [0.29, 0.717) is 31.1 Å². The van der Waals surface area contributed by atoms with Crippen LogP contribution in [0.4, 0.5) is 5.69 Å². The van der Waals surface area contributed by atoms with Crippen LogP contribution in [-0.4, -0.2) is 64.5 Å². The summed E-state index contributed by atoms with van der Waals surface area (Å²) in [4.78, 5) is 14.6. The van der Waals surface area contributed by atoms with E-state index in [9.17, 15) is 4.79 Å². The number of thioether (sulfide) groups is 1. The van der Waals surface area contributed by atoms with Gasteiger partial charge in [0.2, 0.25) is 5.91 Å². The first kappa shape index (κ1) is 21.9. The zero-order valence-corrected chi connectivity index (χ0v) is 16.6. The van der Waals surface area contributed by atoms with Crippen LogP contribution in [0.3, 0.4) is 0 Å². The zero-order valence-electron chi connectivity index (χ0n) is 14.9. The number of benzene rings is 1. The molecule has 0 aliphatic carbocycles. The number of nitrogens with zero attached hydrogens (tertiary/aromatic N) is 1. The standard InChI is InChI=1S/C17H26N2O4S.ClH/c1-21-8-7-19(17(20)10-13-12-24-9-6-18-13)14-4-5-15(22-2)16(11-14)23-3;/h4-5,11,13,18H,6-10,12H2,1-3H3;1H. The van der Waals surface area contributed by atoms with Gasteiger partial charge >= 0.3 is 0 Å². The molecule has 0 radical (unpaired) electrons. The van der Waals surface area contributed by atoms with E-state index in [2.05, 4.69) is 5.32 Å². The number of hydrogen-bond acceptors (Lipinski definition) is 6. The van der Waals surface area contributed by atoms with E-state index >= 15 is 0 Å². The number of ether oxygens (including phenoxy) is 3. The molecule has 2 rings (SSSR count). The lowest BCUT2D eigenvalue weighted by atomic mass is 10.1. The number of carbonyl (C=O) groups excluding carboxylic acids is 1. The summed E-state index contributed by atoms with van der Waals surface area (Å²) < 4.78 is 15.8. The predicted octanol–water partition coefficient (Wildman–Crippen LogP) is 2.20. The van der Waals surface area contributed by atoms with Gasteiger partial charge < -0.3 is 24.4 Å². The highest BCUT2D eigenvalue weighted by Gasteiger charge is 2.22. The number of anilines is 1. The van der Waals surface area contributed by atoms with Crippen molar-refractivity contribution in [3.8, 4) is 11.5 Å². The Morgan fingerprint density at radius 2 is 2.04 bits per heavy atom. The van der Waals surface area contributed by atoms with Crippen LogP contribution in [0.5, 0.6) is 11.5 Å². The predicted molar refractivity (Wildman–Crippen MR) is 105 cm³/mol. The molecular weight excluding hydrogens is 364 g/mol. The van der Waals surface area contributed by atoms with E-state index in [-0.39, 0.29) is 24.4 Å². The third-order valence-corrected chi connectivity index (χ3v) is 5.05. The Morgan fingerprint density at radius 3 is 2.64 bits per heavy atom. The van der Waals surface area contributed by atoms with Crippen molar-refractivity contribution in [2.45, 2.75) is 12.5 Å². The van der Waals surface area contributed by atoms with Crippen molar-refractivity contribution in [3.63, 3.8) is 0 Å². The van der Waals surface area contributed by atoms with Gasteiger partial charge in [-0.25, -0.2) is 0 Å². The fraction of sp³-hybridized carbons (Fsp3) is 0.588. The highest BCUT2D eigenvalue weighted by molar-refractivity contribution is 7.99. The van der Waals surface area contributed by atoms with Crippen LogP contribution in [-0.2, 0) is 9.53 Å². The zero-order chi connectivity index (χ0) is 17.4. The Bertz CT molecular complexity index is 541. The molecule has 0 spiro atoms. The lowest BCUT2D eigenvalue weighted by Crippen LogP contribution is -2.43. The fourth-order valence-corrected chi connectivity index (χ4v) is 3.59. The normalized spacial score (nSPS) is 16.7. The van der Waals surface area contributed by atoms with Crippen molar-refractivity contribution < 1.29 is 19.0 Å². The van der Waals surface area contributed by atoms with Gasteiger partial charge in [-0.3, -0.25) is 4.79 Å². The molecule has 0 saturated carbocycles. The highest BCUT2D eigenvalue weighted by Crippen LogP contribution is 2.32. The number of halogens is 1. The smallest absolute Gasteiger partial charge is 0.228 e. The molecule has 6 nitrogen and oxygen atoms in total. The van der Waals surface area contributed by atoms with Crippen LogP contribution in [0.1, 0.15) is 6.42 Å². The summed E-state index contributed by atoms with van der Waals surface area (Å²) >= 11 is 1.89. The van der Waals surface area contributed by atoms with Crippen molar-refractivity contribution >= 4 is 35.8 Å². The van der Waals surface area contributed by atoms with Crippen LogP contribution < -0.4 is 19.7 Å². The minimum absolute atomic E-state index is 0. The van der Waals surface area contributed by atoms with E-state index in [0.717, 1.165) is 23.7 Å². The van der Waals surface area contributed by atoms with Crippen molar-refractivity contribution in [1.29, 1.82) is 0 Å². The second-order valence-electron chi connectivity index (χ2n) is 5.51. The molecule has 25 heavy (non-hydrogen) atoms. The van der Waals surface area contributed by atoms with Gasteiger partial charge in [0.05, 0.1) is 20.8 Å². The lowest BCUT2D eigenvalue weighted by molar-refractivity contribution is -0.119. The summed E-state index contributed by atoms with van der Waals surface area (Å²) in [5.41, 5.74) is 0.790. The van der Waals surface area contributed by atoms with Crippen molar-refractivity contribution in [3.05, 3.63) is 18.2 Å². The Labute approximate surface area is 160 Å². The molecule has 0 bridgehead atoms. The average Bonchev–Trinajstić information content (AvgIpc) is 2.62. The number of amides is 1. The Hall–Kier alpha value is -1.15. The minimum Gasteiger partial charge on any atom is -0.493 e. The second-order valence-corrected chi connectivity index (χ2v) is 6.66. The molecule has 1 amide bonds. The SMILES string of the molecule is COCCN(C(=O)CC1CSCCN1)c1ccc(OC)c(OC)c1.Cl. The van der Waals surface area contributed by atoms with Crippen LogP contribution in [0, 0.1) is 0 Å². The summed E-state index contributed by atoms with van der Waals surface area (Å²) in [6, 6.07) is 5.74. The Balaban J connectivity index is 0.00000312.